The second kappa shape index (κ2) is 7.94. The van der Waals surface area contributed by atoms with Crippen LogP contribution in [0.4, 0.5) is 11.8 Å². The molecule has 0 amide bonds. The molecule has 0 saturated heterocycles. The highest BCUT2D eigenvalue weighted by Gasteiger charge is 2.20. The Morgan fingerprint density at radius 1 is 1.18 bits per heavy atom. The zero-order valence-electron chi connectivity index (χ0n) is 14.6. The van der Waals surface area contributed by atoms with Gasteiger partial charge in [0.05, 0.1) is 22.8 Å². The normalized spacial score (nSPS) is 10.2. The molecular formula is C19H14BrN5O3. The lowest BCUT2D eigenvalue weighted by atomic mass is 10.1. The van der Waals surface area contributed by atoms with Crippen LogP contribution in [0.3, 0.4) is 0 Å². The molecule has 2 aromatic carbocycles. The molecule has 0 radical (unpaired) electrons. The van der Waals surface area contributed by atoms with E-state index in [-0.39, 0.29) is 34.5 Å². The average molecular weight is 440 g/mol. The van der Waals surface area contributed by atoms with Gasteiger partial charge in [0.2, 0.25) is 5.95 Å². The number of aromatic nitrogens is 2. The van der Waals surface area contributed by atoms with E-state index in [0.717, 1.165) is 0 Å². The Balaban J connectivity index is 2.07. The van der Waals surface area contributed by atoms with Crippen LogP contribution >= 0.6 is 15.9 Å². The number of benzene rings is 2. The van der Waals surface area contributed by atoms with Gasteiger partial charge in [-0.1, -0.05) is 18.2 Å². The Kier molecular flexibility index (Phi) is 5.42. The van der Waals surface area contributed by atoms with E-state index in [1.54, 1.807) is 42.5 Å². The van der Waals surface area contributed by atoms with Crippen molar-refractivity contribution in [1.29, 1.82) is 5.26 Å². The lowest BCUT2D eigenvalue weighted by Gasteiger charge is -2.14. The molecule has 0 fully saturated rings. The number of esters is 1. The molecule has 4 N–H and O–H groups in total. The van der Waals surface area contributed by atoms with Crippen molar-refractivity contribution in [3.8, 4) is 28.8 Å². The lowest BCUT2D eigenvalue weighted by molar-refractivity contribution is 0.0728. The fourth-order valence-corrected chi connectivity index (χ4v) is 3.02. The third kappa shape index (κ3) is 3.72. The monoisotopic (exact) mass is 439 g/mol. The molecule has 0 unspecified atom stereocenters. The van der Waals surface area contributed by atoms with Crippen LogP contribution in [0.1, 0.15) is 15.9 Å². The first kappa shape index (κ1) is 19.1. The Labute approximate surface area is 168 Å². The average Bonchev–Trinajstić information content (AvgIpc) is 2.69. The fraction of sp³-hybridized carbons (Fsp3) is 0.0526. The Morgan fingerprint density at radius 2 is 1.89 bits per heavy atom. The minimum Gasteiger partial charge on any atom is -0.493 e. The van der Waals surface area contributed by atoms with Crippen LogP contribution in [-0.4, -0.2) is 23.0 Å². The van der Waals surface area contributed by atoms with Crippen molar-refractivity contribution in [2.75, 3.05) is 18.6 Å². The van der Waals surface area contributed by atoms with E-state index in [1.165, 1.54) is 7.11 Å². The van der Waals surface area contributed by atoms with Gasteiger partial charge in [-0.25, -0.2) is 9.78 Å². The molecule has 0 atom stereocenters. The van der Waals surface area contributed by atoms with E-state index in [0.29, 0.717) is 15.6 Å². The number of halogens is 1. The summed E-state index contributed by atoms with van der Waals surface area (Å²) in [4.78, 5) is 20.3. The predicted octanol–water partition coefficient (Wildman–Crippen LogP) is 3.17. The quantitative estimate of drug-likeness (QED) is 0.466. The maximum absolute atomic E-state index is 12.4. The Hall–Kier alpha value is -3.64. The standard InChI is InChI=1S/C19H14BrN5O3/c1-27-14-8-11(15-12(9-21)17(22)25-19(23)24-15)7-13(20)16(14)28-18(26)10-5-3-2-4-6-10/h2-8H,1H3,(H4,22,23,24,25). The lowest BCUT2D eigenvalue weighted by Crippen LogP contribution is -2.10. The number of carbonyl (C=O) groups excluding carboxylic acids is 1. The van der Waals surface area contributed by atoms with Crippen LogP contribution in [0.15, 0.2) is 46.9 Å². The van der Waals surface area contributed by atoms with Gasteiger partial charge in [0.15, 0.2) is 11.5 Å². The molecule has 140 valence electrons. The van der Waals surface area contributed by atoms with Gasteiger partial charge in [0.1, 0.15) is 17.5 Å². The number of carbonyl (C=O) groups is 1. The number of rotatable bonds is 4. The zero-order chi connectivity index (χ0) is 20.3. The SMILES string of the molecule is COc1cc(-c2nc(N)nc(N)c2C#N)cc(Br)c1OC(=O)c1ccccc1. The Morgan fingerprint density at radius 3 is 2.54 bits per heavy atom. The van der Waals surface area contributed by atoms with Crippen LogP contribution in [0.5, 0.6) is 11.5 Å². The number of methoxy groups -OCH3 is 1. The summed E-state index contributed by atoms with van der Waals surface area (Å²) in [7, 11) is 1.43. The molecule has 9 heteroatoms. The smallest absolute Gasteiger partial charge is 0.343 e. The largest absolute Gasteiger partial charge is 0.493 e. The van der Waals surface area contributed by atoms with Gasteiger partial charge in [-0.05, 0) is 40.2 Å². The molecule has 1 aromatic heterocycles. The van der Waals surface area contributed by atoms with Crippen molar-refractivity contribution in [3.05, 3.63) is 58.1 Å². The highest BCUT2D eigenvalue weighted by atomic mass is 79.9. The zero-order valence-corrected chi connectivity index (χ0v) is 16.2. The first-order valence-electron chi connectivity index (χ1n) is 7.92. The van der Waals surface area contributed by atoms with Crippen LogP contribution < -0.4 is 20.9 Å². The minimum atomic E-state index is -0.541. The summed E-state index contributed by atoms with van der Waals surface area (Å²) in [5.74, 6) is -0.191. The van der Waals surface area contributed by atoms with Crippen LogP contribution in [0.2, 0.25) is 0 Å². The number of hydrogen-bond acceptors (Lipinski definition) is 8. The van der Waals surface area contributed by atoms with Crippen molar-refractivity contribution >= 4 is 33.7 Å². The number of anilines is 2. The predicted molar refractivity (Wildman–Crippen MR) is 107 cm³/mol. The van der Waals surface area contributed by atoms with Gasteiger partial charge in [0, 0.05) is 5.56 Å². The maximum Gasteiger partial charge on any atom is 0.343 e. The molecule has 0 bridgehead atoms. The minimum absolute atomic E-state index is 0.0281. The number of hydrogen-bond donors (Lipinski definition) is 2. The summed E-state index contributed by atoms with van der Waals surface area (Å²) < 4.78 is 11.3. The number of nitrogens with zero attached hydrogens (tertiary/aromatic N) is 3. The number of nitriles is 1. The molecule has 3 rings (SSSR count). The highest BCUT2D eigenvalue weighted by molar-refractivity contribution is 9.10. The summed E-state index contributed by atoms with van der Waals surface area (Å²) in [5, 5.41) is 9.38. The maximum atomic E-state index is 12.4. The third-order valence-corrected chi connectivity index (χ3v) is 4.36. The van der Waals surface area contributed by atoms with Crippen molar-refractivity contribution in [3.63, 3.8) is 0 Å². The third-order valence-electron chi connectivity index (χ3n) is 3.77. The summed E-state index contributed by atoms with van der Waals surface area (Å²) in [6, 6.07) is 13.7. The Bertz CT molecular complexity index is 1100. The molecule has 8 nitrogen and oxygen atoms in total. The molecule has 0 aliphatic carbocycles. The van der Waals surface area contributed by atoms with Gasteiger partial charge in [0.25, 0.3) is 0 Å². The van der Waals surface area contributed by atoms with E-state index in [9.17, 15) is 10.1 Å². The van der Waals surface area contributed by atoms with E-state index in [2.05, 4.69) is 25.9 Å². The summed E-state index contributed by atoms with van der Waals surface area (Å²) in [5.41, 5.74) is 12.6. The second-order valence-corrected chi connectivity index (χ2v) is 6.40. The molecule has 28 heavy (non-hydrogen) atoms. The van der Waals surface area contributed by atoms with E-state index in [4.69, 9.17) is 20.9 Å². The first-order chi connectivity index (χ1) is 13.4. The van der Waals surface area contributed by atoms with E-state index >= 15 is 0 Å². The topological polar surface area (TPSA) is 137 Å². The second-order valence-electron chi connectivity index (χ2n) is 5.55. The van der Waals surface area contributed by atoms with Crippen molar-refractivity contribution in [1.82, 2.24) is 9.97 Å². The molecule has 1 heterocycles. The molecule has 0 aliphatic heterocycles. The highest BCUT2D eigenvalue weighted by Crippen LogP contribution is 2.40. The van der Waals surface area contributed by atoms with Crippen LogP contribution in [-0.2, 0) is 0 Å². The molecule has 3 aromatic rings. The fourth-order valence-electron chi connectivity index (χ4n) is 2.50. The number of nitrogen functional groups attached to an aromatic ring is 2. The van der Waals surface area contributed by atoms with E-state index in [1.807, 2.05) is 6.07 Å². The van der Waals surface area contributed by atoms with Crippen molar-refractivity contribution in [2.24, 2.45) is 0 Å². The summed E-state index contributed by atoms with van der Waals surface area (Å²) in [6.07, 6.45) is 0. The number of ether oxygens (including phenoxy) is 2. The summed E-state index contributed by atoms with van der Waals surface area (Å²) in [6.45, 7) is 0. The molecule has 0 spiro atoms. The van der Waals surface area contributed by atoms with Gasteiger partial charge in [-0.15, -0.1) is 0 Å². The van der Waals surface area contributed by atoms with Gasteiger partial charge < -0.3 is 20.9 Å². The van der Waals surface area contributed by atoms with Crippen molar-refractivity contribution in [2.45, 2.75) is 0 Å². The number of nitrogens with two attached hydrogens (primary N) is 2. The molecular weight excluding hydrogens is 426 g/mol. The van der Waals surface area contributed by atoms with Crippen molar-refractivity contribution < 1.29 is 14.3 Å². The van der Waals surface area contributed by atoms with Gasteiger partial charge in [-0.2, -0.15) is 10.2 Å². The molecule has 0 saturated carbocycles. The van der Waals surface area contributed by atoms with E-state index < -0.39 is 5.97 Å². The van der Waals surface area contributed by atoms with Gasteiger partial charge >= 0.3 is 5.97 Å². The molecule has 0 aliphatic rings. The first-order valence-corrected chi connectivity index (χ1v) is 8.72. The van der Waals surface area contributed by atoms with Gasteiger partial charge in [-0.3, -0.25) is 0 Å². The van der Waals surface area contributed by atoms with Crippen LogP contribution in [0.25, 0.3) is 11.3 Å². The van der Waals surface area contributed by atoms with Crippen LogP contribution in [0, 0.1) is 11.3 Å². The summed E-state index contributed by atoms with van der Waals surface area (Å²) >= 11 is 3.37.